The van der Waals surface area contributed by atoms with Crippen LogP contribution < -0.4 is 10.6 Å². The van der Waals surface area contributed by atoms with Crippen LogP contribution in [0.2, 0.25) is 5.02 Å². The van der Waals surface area contributed by atoms with Gasteiger partial charge in [0.1, 0.15) is 11.7 Å². The summed E-state index contributed by atoms with van der Waals surface area (Å²) in [7, 11) is 0. The van der Waals surface area contributed by atoms with E-state index in [1.807, 2.05) is 6.07 Å². The lowest BCUT2D eigenvalue weighted by Crippen LogP contribution is -2.45. The normalized spacial score (nSPS) is 12.0. The Bertz CT molecular complexity index is 1110. The Hall–Kier alpha value is -3.90. The van der Waals surface area contributed by atoms with E-state index in [1.165, 1.54) is 6.08 Å². The van der Waals surface area contributed by atoms with E-state index < -0.39 is 23.8 Å². The summed E-state index contributed by atoms with van der Waals surface area (Å²) >= 11 is 5.92. The first-order valence-corrected chi connectivity index (χ1v) is 10.2. The summed E-state index contributed by atoms with van der Waals surface area (Å²) in [6, 6.07) is 22.9. The summed E-state index contributed by atoms with van der Waals surface area (Å²) in [5, 5.41) is 15.2. The number of carboxylic acids is 1. The van der Waals surface area contributed by atoms with Crippen molar-refractivity contribution >= 4 is 35.5 Å². The number of hydrogen-bond acceptors (Lipinski definition) is 3. The molecule has 3 N–H and O–H groups in total. The molecule has 0 bridgehead atoms. The van der Waals surface area contributed by atoms with Gasteiger partial charge in [-0.15, -0.1) is 0 Å². The van der Waals surface area contributed by atoms with Gasteiger partial charge in [-0.25, -0.2) is 4.79 Å². The smallest absolute Gasteiger partial charge is 0.326 e. The van der Waals surface area contributed by atoms with Gasteiger partial charge in [-0.3, -0.25) is 9.59 Å². The highest BCUT2D eigenvalue weighted by Gasteiger charge is 2.23. The minimum absolute atomic E-state index is 0.0829. The highest BCUT2D eigenvalue weighted by atomic mass is 35.5. The van der Waals surface area contributed by atoms with Crippen LogP contribution in [-0.4, -0.2) is 28.9 Å². The number of amides is 2. The maximum Gasteiger partial charge on any atom is 0.326 e. The average Bonchev–Trinajstić information content (AvgIpc) is 2.80. The van der Waals surface area contributed by atoms with E-state index in [2.05, 4.69) is 10.6 Å². The van der Waals surface area contributed by atoms with E-state index in [0.717, 1.165) is 5.56 Å². The SMILES string of the molecule is O=C(N[C@@H](Cc1ccccc1)C(=O)O)/C(=C/c1ccc(Cl)cc1)NC(=O)c1ccccc1. The van der Waals surface area contributed by atoms with Crippen LogP contribution in [0, 0.1) is 0 Å². The number of carbonyl (C=O) groups excluding carboxylic acids is 2. The van der Waals surface area contributed by atoms with Gasteiger partial charge < -0.3 is 15.7 Å². The van der Waals surface area contributed by atoms with Crippen molar-refractivity contribution in [1.82, 2.24) is 10.6 Å². The van der Waals surface area contributed by atoms with Crippen molar-refractivity contribution in [3.8, 4) is 0 Å². The lowest BCUT2D eigenvalue weighted by Gasteiger charge is -2.17. The van der Waals surface area contributed by atoms with Crippen LogP contribution in [0.5, 0.6) is 0 Å². The molecule has 0 heterocycles. The number of rotatable bonds is 8. The van der Waals surface area contributed by atoms with Crippen LogP contribution in [0.15, 0.2) is 90.6 Å². The predicted molar refractivity (Wildman–Crippen MR) is 123 cm³/mol. The molecule has 3 rings (SSSR count). The fraction of sp³-hybridized carbons (Fsp3) is 0.0800. The molecule has 0 aliphatic heterocycles. The number of benzene rings is 3. The maximum absolute atomic E-state index is 13.0. The summed E-state index contributed by atoms with van der Waals surface area (Å²) in [5.74, 6) is -2.38. The zero-order valence-electron chi connectivity index (χ0n) is 17.0. The van der Waals surface area contributed by atoms with Crippen molar-refractivity contribution in [2.75, 3.05) is 0 Å². The molecule has 0 radical (unpaired) electrons. The first-order valence-electron chi connectivity index (χ1n) is 9.83. The van der Waals surface area contributed by atoms with Gasteiger partial charge in [0.15, 0.2) is 0 Å². The molecule has 6 nitrogen and oxygen atoms in total. The summed E-state index contributed by atoms with van der Waals surface area (Å²) in [4.78, 5) is 37.4. The summed E-state index contributed by atoms with van der Waals surface area (Å²) in [6.45, 7) is 0. The lowest BCUT2D eigenvalue weighted by molar-refractivity contribution is -0.141. The van der Waals surface area contributed by atoms with Gasteiger partial charge in [0.25, 0.3) is 11.8 Å². The fourth-order valence-corrected chi connectivity index (χ4v) is 3.08. The van der Waals surface area contributed by atoms with Crippen molar-refractivity contribution in [2.24, 2.45) is 0 Å². The van der Waals surface area contributed by atoms with E-state index in [4.69, 9.17) is 11.6 Å². The van der Waals surface area contributed by atoms with Gasteiger partial charge in [0.05, 0.1) is 0 Å². The van der Waals surface area contributed by atoms with Crippen LogP contribution in [0.3, 0.4) is 0 Å². The van der Waals surface area contributed by atoms with E-state index in [1.54, 1.807) is 78.9 Å². The van der Waals surface area contributed by atoms with Crippen LogP contribution in [0.25, 0.3) is 6.08 Å². The Morgan fingerprint density at radius 1 is 0.875 bits per heavy atom. The van der Waals surface area contributed by atoms with Crippen LogP contribution in [-0.2, 0) is 16.0 Å². The molecule has 3 aromatic carbocycles. The third kappa shape index (κ3) is 6.55. The number of halogens is 1. The molecule has 0 aliphatic rings. The van der Waals surface area contributed by atoms with Gasteiger partial charge in [-0.05, 0) is 41.5 Å². The Morgan fingerprint density at radius 2 is 1.47 bits per heavy atom. The Kier molecular flexibility index (Phi) is 7.78. The summed E-state index contributed by atoms with van der Waals surface area (Å²) in [6.07, 6.45) is 1.57. The molecule has 0 spiro atoms. The monoisotopic (exact) mass is 448 g/mol. The molecule has 0 aliphatic carbocycles. The third-order valence-electron chi connectivity index (χ3n) is 4.60. The van der Waals surface area contributed by atoms with Crippen LogP contribution >= 0.6 is 11.6 Å². The summed E-state index contributed by atoms with van der Waals surface area (Å²) in [5.41, 5.74) is 1.65. The molecule has 0 fully saturated rings. The first kappa shape index (κ1) is 22.8. The van der Waals surface area contributed by atoms with E-state index in [-0.39, 0.29) is 12.1 Å². The lowest BCUT2D eigenvalue weighted by atomic mass is 10.1. The Labute approximate surface area is 190 Å². The number of carboxylic acid groups (broad SMARTS) is 1. The number of nitrogens with one attached hydrogen (secondary N) is 2. The standard InChI is InChI=1S/C25H21ClN2O4/c26-20-13-11-18(12-14-20)15-21(27-23(29)19-9-5-2-6-10-19)24(30)28-22(25(31)32)16-17-7-3-1-4-8-17/h1-15,22H,16H2,(H,27,29)(H,28,30)(H,31,32)/b21-15-/t22-/m0/s1. The highest BCUT2D eigenvalue weighted by molar-refractivity contribution is 6.30. The third-order valence-corrected chi connectivity index (χ3v) is 4.85. The van der Waals surface area contributed by atoms with E-state index in [9.17, 15) is 19.5 Å². The van der Waals surface area contributed by atoms with Crippen molar-refractivity contribution in [3.05, 3.63) is 112 Å². The average molecular weight is 449 g/mol. The van der Waals surface area contributed by atoms with E-state index in [0.29, 0.717) is 16.1 Å². The van der Waals surface area contributed by atoms with E-state index >= 15 is 0 Å². The first-order chi connectivity index (χ1) is 15.4. The number of aliphatic carboxylic acids is 1. The Balaban J connectivity index is 1.85. The quantitative estimate of drug-likeness (QED) is 0.455. The molecule has 3 aromatic rings. The second kappa shape index (κ2) is 10.9. The molecular formula is C25H21ClN2O4. The second-order valence-electron chi connectivity index (χ2n) is 6.98. The molecule has 0 unspecified atom stereocenters. The predicted octanol–water partition coefficient (Wildman–Crippen LogP) is 3.92. The fourth-order valence-electron chi connectivity index (χ4n) is 2.95. The molecule has 7 heteroatoms. The molecule has 0 saturated heterocycles. The molecule has 0 saturated carbocycles. The molecule has 162 valence electrons. The molecule has 1 atom stereocenters. The summed E-state index contributed by atoms with van der Waals surface area (Å²) < 4.78 is 0. The van der Waals surface area contributed by atoms with Crippen molar-refractivity contribution in [3.63, 3.8) is 0 Å². The molecule has 2 amide bonds. The van der Waals surface area contributed by atoms with Gasteiger partial charge in [-0.1, -0.05) is 72.3 Å². The molecule has 0 aromatic heterocycles. The van der Waals surface area contributed by atoms with Gasteiger partial charge in [0, 0.05) is 17.0 Å². The molecule has 32 heavy (non-hydrogen) atoms. The topological polar surface area (TPSA) is 95.5 Å². The van der Waals surface area contributed by atoms with Crippen molar-refractivity contribution in [2.45, 2.75) is 12.5 Å². The van der Waals surface area contributed by atoms with Crippen LogP contribution in [0.4, 0.5) is 0 Å². The number of carbonyl (C=O) groups is 3. The highest BCUT2D eigenvalue weighted by Crippen LogP contribution is 2.13. The minimum atomic E-state index is -1.18. The zero-order valence-corrected chi connectivity index (χ0v) is 17.8. The van der Waals surface area contributed by atoms with Gasteiger partial charge in [0.2, 0.25) is 0 Å². The maximum atomic E-state index is 13.0. The number of hydrogen-bond donors (Lipinski definition) is 3. The Morgan fingerprint density at radius 3 is 2.06 bits per heavy atom. The largest absolute Gasteiger partial charge is 0.480 e. The van der Waals surface area contributed by atoms with Crippen LogP contribution in [0.1, 0.15) is 21.5 Å². The van der Waals surface area contributed by atoms with Crippen molar-refractivity contribution in [1.29, 1.82) is 0 Å². The van der Waals surface area contributed by atoms with Crippen molar-refractivity contribution < 1.29 is 19.5 Å². The van der Waals surface area contributed by atoms with Gasteiger partial charge in [-0.2, -0.15) is 0 Å². The second-order valence-corrected chi connectivity index (χ2v) is 7.42. The minimum Gasteiger partial charge on any atom is -0.480 e. The van der Waals surface area contributed by atoms with Gasteiger partial charge >= 0.3 is 5.97 Å². The zero-order chi connectivity index (χ0) is 22.9. The molecular weight excluding hydrogens is 428 g/mol.